The summed E-state index contributed by atoms with van der Waals surface area (Å²) in [5, 5.41) is 9.02. The summed E-state index contributed by atoms with van der Waals surface area (Å²) in [7, 11) is 0. The maximum atomic E-state index is 12.9. The second-order valence-corrected chi connectivity index (χ2v) is 4.96. The van der Waals surface area contributed by atoms with Crippen LogP contribution in [0.4, 0.5) is 13.2 Å². The van der Waals surface area contributed by atoms with Crippen LogP contribution in [-0.4, -0.2) is 11.1 Å². The van der Waals surface area contributed by atoms with Crippen molar-refractivity contribution in [2.45, 2.75) is 6.18 Å². The highest BCUT2D eigenvalue weighted by molar-refractivity contribution is 9.10. The molecule has 0 saturated carbocycles. The van der Waals surface area contributed by atoms with Gasteiger partial charge in [-0.15, -0.1) is 0 Å². The molecule has 0 aliphatic heterocycles. The normalized spacial score (nSPS) is 11.2. The van der Waals surface area contributed by atoms with E-state index in [0.29, 0.717) is 4.47 Å². The predicted octanol–water partition coefficient (Wildman–Crippen LogP) is 4.96. The number of rotatable bonds is 3. The van der Waals surface area contributed by atoms with Crippen LogP contribution >= 0.6 is 15.9 Å². The SMILES string of the molecule is O=C(O)c1ccccc1Oc1cc(Br)ccc1C(F)(F)F. The Morgan fingerprint density at radius 3 is 2.38 bits per heavy atom. The van der Waals surface area contributed by atoms with Gasteiger partial charge in [0.25, 0.3) is 0 Å². The van der Waals surface area contributed by atoms with E-state index in [1.807, 2.05) is 0 Å². The molecule has 3 nitrogen and oxygen atoms in total. The molecule has 2 rings (SSSR count). The smallest absolute Gasteiger partial charge is 0.419 e. The summed E-state index contributed by atoms with van der Waals surface area (Å²) in [5.74, 6) is -1.91. The lowest BCUT2D eigenvalue weighted by molar-refractivity contribution is -0.138. The van der Waals surface area contributed by atoms with Crippen molar-refractivity contribution in [1.29, 1.82) is 0 Å². The van der Waals surface area contributed by atoms with Gasteiger partial charge in [0, 0.05) is 4.47 Å². The second-order valence-electron chi connectivity index (χ2n) is 4.04. The van der Waals surface area contributed by atoms with Crippen LogP contribution < -0.4 is 4.74 Å². The van der Waals surface area contributed by atoms with Gasteiger partial charge >= 0.3 is 12.1 Å². The number of ether oxygens (including phenoxy) is 1. The Bertz CT molecular complexity index is 683. The highest BCUT2D eigenvalue weighted by Gasteiger charge is 2.34. The van der Waals surface area contributed by atoms with Gasteiger partial charge in [-0.1, -0.05) is 28.1 Å². The van der Waals surface area contributed by atoms with Crippen LogP contribution in [0.1, 0.15) is 15.9 Å². The molecule has 0 saturated heterocycles. The standard InChI is InChI=1S/C14H8BrF3O3/c15-8-5-6-10(14(16,17)18)12(7-8)21-11-4-2-1-3-9(11)13(19)20/h1-7H,(H,19,20). The van der Waals surface area contributed by atoms with Crippen molar-refractivity contribution < 1.29 is 27.8 Å². The van der Waals surface area contributed by atoms with E-state index >= 15 is 0 Å². The number of halogens is 4. The Hall–Kier alpha value is -2.02. The van der Waals surface area contributed by atoms with Gasteiger partial charge in [0.2, 0.25) is 0 Å². The molecule has 0 radical (unpaired) electrons. The van der Waals surface area contributed by atoms with Gasteiger partial charge in [-0.2, -0.15) is 13.2 Å². The summed E-state index contributed by atoms with van der Waals surface area (Å²) < 4.78 is 44.4. The molecule has 2 aromatic rings. The third-order valence-corrected chi connectivity index (χ3v) is 3.08. The van der Waals surface area contributed by atoms with Crippen molar-refractivity contribution in [2.24, 2.45) is 0 Å². The summed E-state index contributed by atoms with van der Waals surface area (Å²) in [6, 6.07) is 8.73. The first-order valence-corrected chi connectivity index (χ1v) is 6.45. The lowest BCUT2D eigenvalue weighted by atomic mass is 10.1. The Kier molecular flexibility index (Phi) is 4.22. The van der Waals surface area contributed by atoms with Crippen molar-refractivity contribution in [3.8, 4) is 11.5 Å². The van der Waals surface area contributed by atoms with E-state index < -0.39 is 23.5 Å². The van der Waals surface area contributed by atoms with Crippen LogP contribution in [0.2, 0.25) is 0 Å². The van der Waals surface area contributed by atoms with Gasteiger partial charge in [0.05, 0.1) is 5.56 Å². The summed E-state index contributed by atoms with van der Waals surface area (Å²) in [5.41, 5.74) is -1.20. The molecular formula is C14H8BrF3O3. The van der Waals surface area contributed by atoms with E-state index in [0.717, 1.165) is 12.1 Å². The lowest BCUT2D eigenvalue weighted by Crippen LogP contribution is -2.08. The minimum Gasteiger partial charge on any atom is -0.478 e. The Morgan fingerprint density at radius 1 is 1.10 bits per heavy atom. The first-order chi connectivity index (χ1) is 9.79. The number of carboxylic acids is 1. The number of carbonyl (C=O) groups is 1. The molecule has 0 bridgehead atoms. The van der Waals surface area contributed by atoms with Crippen LogP contribution in [0.5, 0.6) is 11.5 Å². The minimum absolute atomic E-state index is 0.159. The number of alkyl halides is 3. The summed E-state index contributed by atoms with van der Waals surface area (Å²) in [4.78, 5) is 11.0. The van der Waals surface area contributed by atoms with Gasteiger partial charge in [-0.3, -0.25) is 0 Å². The van der Waals surface area contributed by atoms with Gasteiger partial charge in [0.15, 0.2) is 0 Å². The van der Waals surface area contributed by atoms with Crippen LogP contribution in [0.25, 0.3) is 0 Å². The predicted molar refractivity (Wildman–Crippen MR) is 72.6 cm³/mol. The Morgan fingerprint density at radius 2 is 1.76 bits per heavy atom. The zero-order valence-corrected chi connectivity index (χ0v) is 11.9. The maximum Gasteiger partial charge on any atom is 0.419 e. The van der Waals surface area contributed by atoms with E-state index in [9.17, 15) is 18.0 Å². The highest BCUT2D eigenvalue weighted by Crippen LogP contribution is 2.40. The molecule has 0 fully saturated rings. The Balaban J connectivity index is 2.49. The molecule has 0 heterocycles. The summed E-state index contributed by atoms with van der Waals surface area (Å²) in [6.45, 7) is 0. The highest BCUT2D eigenvalue weighted by atomic mass is 79.9. The first-order valence-electron chi connectivity index (χ1n) is 5.66. The molecule has 0 atom stereocenters. The fraction of sp³-hybridized carbons (Fsp3) is 0.0714. The average Bonchev–Trinajstić information content (AvgIpc) is 2.37. The van der Waals surface area contributed by atoms with Gasteiger partial charge in [-0.05, 0) is 30.3 Å². The van der Waals surface area contributed by atoms with Crippen molar-refractivity contribution in [3.63, 3.8) is 0 Å². The molecule has 0 aliphatic rings. The number of benzene rings is 2. The molecule has 1 N–H and O–H groups in total. The molecule has 0 amide bonds. The fourth-order valence-corrected chi connectivity index (χ4v) is 2.01. The molecule has 0 aromatic heterocycles. The lowest BCUT2D eigenvalue weighted by Gasteiger charge is -2.15. The number of hydrogen-bond donors (Lipinski definition) is 1. The van der Waals surface area contributed by atoms with Crippen molar-refractivity contribution in [1.82, 2.24) is 0 Å². The molecule has 110 valence electrons. The Labute approximate surface area is 126 Å². The quantitative estimate of drug-likeness (QED) is 0.841. The first kappa shape index (κ1) is 15.4. The van der Waals surface area contributed by atoms with E-state index in [2.05, 4.69) is 15.9 Å². The number of aromatic carboxylic acids is 1. The van der Waals surface area contributed by atoms with Gasteiger partial charge in [0.1, 0.15) is 17.1 Å². The molecule has 21 heavy (non-hydrogen) atoms. The van der Waals surface area contributed by atoms with Crippen molar-refractivity contribution in [3.05, 3.63) is 58.1 Å². The van der Waals surface area contributed by atoms with E-state index in [1.165, 1.54) is 30.3 Å². The largest absolute Gasteiger partial charge is 0.478 e. The molecule has 0 spiro atoms. The van der Waals surface area contributed by atoms with E-state index in [-0.39, 0.29) is 11.3 Å². The molecular weight excluding hydrogens is 353 g/mol. The minimum atomic E-state index is -4.60. The number of hydrogen-bond acceptors (Lipinski definition) is 2. The molecule has 7 heteroatoms. The number of carboxylic acid groups (broad SMARTS) is 1. The van der Waals surface area contributed by atoms with Crippen LogP contribution in [0.3, 0.4) is 0 Å². The van der Waals surface area contributed by atoms with Crippen molar-refractivity contribution >= 4 is 21.9 Å². The topological polar surface area (TPSA) is 46.5 Å². The third kappa shape index (κ3) is 3.55. The zero-order chi connectivity index (χ0) is 15.6. The zero-order valence-electron chi connectivity index (χ0n) is 10.3. The van der Waals surface area contributed by atoms with Crippen LogP contribution in [0.15, 0.2) is 46.9 Å². The van der Waals surface area contributed by atoms with Gasteiger partial charge in [-0.25, -0.2) is 4.79 Å². The molecule has 0 unspecified atom stereocenters. The third-order valence-electron chi connectivity index (χ3n) is 2.59. The van der Waals surface area contributed by atoms with Crippen LogP contribution in [0, 0.1) is 0 Å². The molecule has 0 aliphatic carbocycles. The molecule has 2 aromatic carbocycles. The maximum absolute atomic E-state index is 12.9. The number of para-hydroxylation sites is 1. The average molecular weight is 361 g/mol. The van der Waals surface area contributed by atoms with Gasteiger partial charge < -0.3 is 9.84 Å². The monoisotopic (exact) mass is 360 g/mol. The fourth-order valence-electron chi connectivity index (χ4n) is 1.67. The van der Waals surface area contributed by atoms with E-state index in [1.54, 1.807) is 0 Å². The second kappa shape index (κ2) is 5.77. The van der Waals surface area contributed by atoms with E-state index in [4.69, 9.17) is 9.84 Å². The summed E-state index contributed by atoms with van der Waals surface area (Å²) in [6.07, 6.45) is -4.60. The van der Waals surface area contributed by atoms with Crippen LogP contribution in [-0.2, 0) is 6.18 Å². The summed E-state index contributed by atoms with van der Waals surface area (Å²) >= 11 is 3.06. The van der Waals surface area contributed by atoms with Crippen molar-refractivity contribution in [2.75, 3.05) is 0 Å².